The van der Waals surface area contributed by atoms with Crippen molar-refractivity contribution in [2.75, 3.05) is 12.4 Å². The smallest absolute Gasteiger partial charge is 0.258 e. The number of benzene rings is 3. The highest BCUT2D eigenvalue weighted by atomic mass is 35.5. The minimum Gasteiger partial charge on any atom is -0.497 e. The zero-order chi connectivity index (χ0) is 21.7. The molecule has 0 heterocycles. The Morgan fingerprint density at radius 3 is 2.57 bits per heavy atom. The number of carbonyl (C=O) groups excluding carboxylic acids is 1. The van der Waals surface area contributed by atoms with Gasteiger partial charge in [0.25, 0.3) is 5.91 Å². The van der Waals surface area contributed by atoms with Gasteiger partial charge in [0, 0.05) is 23.3 Å². The second-order valence-corrected chi connectivity index (χ2v) is 8.42. The highest BCUT2D eigenvalue weighted by molar-refractivity contribution is 7.89. The standard InChI is InChI=1S/C21H18ClFN2O4S/c1-29-16-7-4-6-15(11-16)25-21(26)18-12-17(9-10-20(18)23)30(27,28)24-13-14-5-2-3-8-19(14)22/h2-12,24H,13H2,1H3,(H,25,26). The van der Waals surface area contributed by atoms with Crippen molar-refractivity contribution in [1.82, 2.24) is 4.72 Å². The first-order valence-electron chi connectivity index (χ1n) is 8.78. The van der Waals surface area contributed by atoms with Crippen LogP contribution < -0.4 is 14.8 Å². The largest absolute Gasteiger partial charge is 0.497 e. The predicted octanol–water partition coefficient (Wildman–Crippen LogP) is 4.22. The molecule has 0 saturated carbocycles. The minimum atomic E-state index is -4.01. The number of carbonyl (C=O) groups is 1. The van der Waals surface area contributed by atoms with Gasteiger partial charge in [0.1, 0.15) is 11.6 Å². The van der Waals surface area contributed by atoms with Gasteiger partial charge in [0.15, 0.2) is 0 Å². The van der Waals surface area contributed by atoms with Crippen LogP contribution in [0.4, 0.5) is 10.1 Å². The van der Waals surface area contributed by atoms with Gasteiger partial charge < -0.3 is 10.1 Å². The van der Waals surface area contributed by atoms with Crippen molar-refractivity contribution >= 4 is 33.2 Å². The summed E-state index contributed by atoms with van der Waals surface area (Å²) in [7, 11) is -2.53. The van der Waals surface area contributed by atoms with Crippen molar-refractivity contribution in [3.05, 3.63) is 88.7 Å². The summed E-state index contributed by atoms with van der Waals surface area (Å²) < 4.78 is 47.0. The Morgan fingerprint density at radius 1 is 1.07 bits per heavy atom. The third-order valence-electron chi connectivity index (χ3n) is 4.23. The molecule has 3 rings (SSSR count). The molecule has 30 heavy (non-hydrogen) atoms. The van der Waals surface area contributed by atoms with Crippen LogP contribution in [0, 0.1) is 5.82 Å². The van der Waals surface area contributed by atoms with E-state index < -0.39 is 27.3 Å². The molecular weight excluding hydrogens is 431 g/mol. The van der Waals surface area contributed by atoms with Crippen LogP contribution in [0.25, 0.3) is 0 Å². The molecule has 2 N–H and O–H groups in total. The normalized spacial score (nSPS) is 11.2. The first kappa shape index (κ1) is 21.8. The lowest BCUT2D eigenvalue weighted by Crippen LogP contribution is -2.24. The van der Waals surface area contributed by atoms with Gasteiger partial charge in [0.2, 0.25) is 10.0 Å². The summed E-state index contributed by atoms with van der Waals surface area (Å²) in [5.74, 6) is -1.13. The average molecular weight is 449 g/mol. The minimum absolute atomic E-state index is 0.0509. The molecule has 0 unspecified atom stereocenters. The van der Waals surface area contributed by atoms with Gasteiger partial charge in [-0.2, -0.15) is 0 Å². The van der Waals surface area contributed by atoms with Crippen LogP contribution in [0.15, 0.2) is 71.6 Å². The molecular formula is C21H18ClFN2O4S. The molecule has 6 nitrogen and oxygen atoms in total. The summed E-state index contributed by atoms with van der Waals surface area (Å²) in [5, 5.41) is 2.94. The molecule has 3 aromatic rings. The Balaban J connectivity index is 1.81. The maximum absolute atomic E-state index is 14.2. The van der Waals surface area contributed by atoms with Crippen LogP contribution in [0.2, 0.25) is 5.02 Å². The molecule has 1 amide bonds. The number of hydrogen-bond donors (Lipinski definition) is 2. The lowest BCUT2D eigenvalue weighted by Gasteiger charge is -2.11. The fraction of sp³-hybridized carbons (Fsp3) is 0.0952. The quantitative estimate of drug-likeness (QED) is 0.566. The van der Waals surface area contributed by atoms with Crippen LogP contribution in [0.3, 0.4) is 0 Å². The molecule has 0 aliphatic rings. The van der Waals surface area contributed by atoms with E-state index in [1.54, 1.807) is 48.5 Å². The monoisotopic (exact) mass is 448 g/mol. The summed E-state index contributed by atoms with van der Waals surface area (Å²) in [6.07, 6.45) is 0. The second kappa shape index (κ2) is 9.25. The van der Waals surface area contributed by atoms with E-state index in [9.17, 15) is 17.6 Å². The molecule has 9 heteroatoms. The number of ether oxygens (including phenoxy) is 1. The van der Waals surface area contributed by atoms with Gasteiger partial charge in [-0.3, -0.25) is 4.79 Å². The topological polar surface area (TPSA) is 84.5 Å². The van der Waals surface area contributed by atoms with E-state index in [0.29, 0.717) is 22.0 Å². The Morgan fingerprint density at radius 2 is 1.83 bits per heavy atom. The molecule has 0 aromatic heterocycles. The first-order chi connectivity index (χ1) is 14.3. The van der Waals surface area contributed by atoms with E-state index >= 15 is 0 Å². The van der Waals surface area contributed by atoms with Crippen molar-refractivity contribution < 1.29 is 22.3 Å². The average Bonchev–Trinajstić information content (AvgIpc) is 2.73. The summed E-state index contributed by atoms with van der Waals surface area (Å²) >= 11 is 6.04. The van der Waals surface area contributed by atoms with Crippen LogP contribution in [0.1, 0.15) is 15.9 Å². The van der Waals surface area contributed by atoms with E-state index in [1.807, 2.05) is 0 Å². The van der Waals surface area contributed by atoms with Gasteiger partial charge >= 0.3 is 0 Å². The third-order valence-corrected chi connectivity index (χ3v) is 6.00. The van der Waals surface area contributed by atoms with Gasteiger partial charge in [0.05, 0.1) is 17.6 Å². The SMILES string of the molecule is COc1cccc(NC(=O)c2cc(S(=O)(=O)NCc3ccccc3Cl)ccc2F)c1. The molecule has 0 spiro atoms. The molecule has 0 aliphatic carbocycles. The summed E-state index contributed by atoms with van der Waals surface area (Å²) in [6, 6.07) is 16.3. The highest BCUT2D eigenvalue weighted by Crippen LogP contribution is 2.21. The molecule has 0 radical (unpaired) electrons. The molecule has 0 bridgehead atoms. The number of amides is 1. The Kier molecular flexibility index (Phi) is 6.71. The molecule has 156 valence electrons. The number of sulfonamides is 1. The van der Waals surface area contributed by atoms with Gasteiger partial charge in [-0.25, -0.2) is 17.5 Å². The lowest BCUT2D eigenvalue weighted by molar-refractivity contribution is 0.102. The van der Waals surface area contributed by atoms with Crippen LogP contribution in [-0.2, 0) is 16.6 Å². The van der Waals surface area contributed by atoms with Crippen molar-refractivity contribution in [2.24, 2.45) is 0 Å². The zero-order valence-electron chi connectivity index (χ0n) is 15.9. The first-order valence-corrected chi connectivity index (χ1v) is 10.6. The third kappa shape index (κ3) is 5.15. The predicted molar refractivity (Wildman–Crippen MR) is 113 cm³/mol. The van der Waals surface area contributed by atoms with Gasteiger partial charge in [-0.1, -0.05) is 35.9 Å². The van der Waals surface area contributed by atoms with E-state index in [4.69, 9.17) is 16.3 Å². The fourth-order valence-corrected chi connectivity index (χ4v) is 3.88. The Bertz CT molecular complexity index is 1190. The fourth-order valence-electron chi connectivity index (χ4n) is 2.64. The number of methoxy groups -OCH3 is 1. The maximum atomic E-state index is 14.2. The Hall–Kier alpha value is -2.94. The molecule has 0 fully saturated rings. The zero-order valence-corrected chi connectivity index (χ0v) is 17.4. The van der Waals surface area contributed by atoms with Crippen LogP contribution >= 0.6 is 11.6 Å². The molecule has 3 aromatic carbocycles. The van der Waals surface area contributed by atoms with E-state index in [-0.39, 0.29) is 11.4 Å². The molecule has 0 aliphatic heterocycles. The van der Waals surface area contributed by atoms with E-state index in [2.05, 4.69) is 10.0 Å². The Labute approximate surface area is 178 Å². The van der Waals surface area contributed by atoms with Crippen LogP contribution in [-0.4, -0.2) is 21.4 Å². The molecule has 0 saturated heterocycles. The lowest BCUT2D eigenvalue weighted by atomic mass is 10.2. The summed E-state index contributed by atoms with van der Waals surface area (Å²) in [6.45, 7) is -0.0509. The highest BCUT2D eigenvalue weighted by Gasteiger charge is 2.20. The second-order valence-electron chi connectivity index (χ2n) is 6.24. The number of halogens is 2. The number of anilines is 1. The number of nitrogens with one attached hydrogen (secondary N) is 2. The van der Waals surface area contributed by atoms with Crippen LogP contribution in [0.5, 0.6) is 5.75 Å². The molecule has 0 atom stereocenters. The van der Waals surface area contributed by atoms with E-state index in [0.717, 1.165) is 18.2 Å². The maximum Gasteiger partial charge on any atom is 0.258 e. The van der Waals surface area contributed by atoms with Crippen molar-refractivity contribution in [2.45, 2.75) is 11.4 Å². The number of hydrogen-bond acceptors (Lipinski definition) is 4. The number of rotatable bonds is 7. The van der Waals surface area contributed by atoms with Crippen molar-refractivity contribution in [3.8, 4) is 5.75 Å². The summed E-state index contributed by atoms with van der Waals surface area (Å²) in [4.78, 5) is 12.3. The van der Waals surface area contributed by atoms with Gasteiger partial charge in [-0.15, -0.1) is 0 Å². The van der Waals surface area contributed by atoms with Crippen molar-refractivity contribution in [3.63, 3.8) is 0 Å². The van der Waals surface area contributed by atoms with Crippen molar-refractivity contribution in [1.29, 1.82) is 0 Å². The summed E-state index contributed by atoms with van der Waals surface area (Å²) in [5.41, 5.74) is 0.558. The van der Waals surface area contributed by atoms with E-state index in [1.165, 1.54) is 7.11 Å². The van der Waals surface area contributed by atoms with Gasteiger partial charge in [-0.05, 0) is 42.0 Å².